The molecular formula is C14H19N7. The summed E-state index contributed by atoms with van der Waals surface area (Å²) < 4.78 is 3.76. The molecule has 0 radical (unpaired) electrons. The predicted octanol–water partition coefficient (Wildman–Crippen LogP) is 1.75. The zero-order valence-electron chi connectivity index (χ0n) is 12.5. The van der Waals surface area contributed by atoms with E-state index in [-0.39, 0.29) is 0 Å². The number of rotatable bonds is 5. The highest BCUT2D eigenvalue weighted by molar-refractivity contribution is 5.44. The molecule has 0 saturated heterocycles. The van der Waals surface area contributed by atoms with E-state index in [0.717, 1.165) is 36.7 Å². The van der Waals surface area contributed by atoms with Gasteiger partial charge in [-0.05, 0) is 33.3 Å². The molecule has 3 aromatic rings. The lowest BCUT2D eigenvalue weighted by molar-refractivity contribution is 0.573. The number of anilines is 1. The van der Waals surface area contributed by atoms with Crippen LogP contribution in [0.5, 0.6) is 0 Å². The number of nitrogens with zero attached hydrogens (tertiary/aromatic N) is 6. The van der Waals surface area contributed by atoms with E-state index in [2.05, 4.69) is 38.5 Å². The molecule has 7 heteroatoms. The van der Waals surface area contributed by atoms with Crippen LogP contribution >= 0.6 is 0 Å². The molecule has 0 atom stereocenters. The number of hydrogen-bond acceptors (Lipinski definition) is 5. The zero-order chi connectivity index (χ0) is 14.8. The first-order chi connectivity index (χ1) is 10.1. The van der Waals surface area contributed by atoms with Gasteiger partial charge in [-0.25, -0.2) is 4.98 Å². The van der Waals surface area contributed by atoms with Crippen molar-refractivity contribution in [3.8, 4) is 0 Å². The molecule has 7 nitrogen and oxygen atoms in total. The SMILES string of the molecule is Cc1cc(NCCCn2nc(C)cc2C)n2ncnc2n1. The molecule has 0 unspecified atom stereocenters. The standard InChI is InChI=1S/C14H19N7/c1-10-8-13(21-14(18-10)16-9-17-21)15-5-4-6-20-12(3)7-11(2)19-20/h7-9,15H,4-6H2,1-3H3. The van der Waals surface area contributed by atoms with Crippen LogP contribution < -0.4 is 5.32 Å². The fourth-order valence-corrected chi connectivity index (χ4v) is 2.40. The Labute approximate surface area is 123 Å². The molecule has 0 saturated carbocycles. The quantitative estimate of drug-likeness (QED) is 0.723. The topological polar surface area (TPSA) is 72.9 Å². The second kappa shape index (κ2) is 5.51. The Morgan fingerprint density at radius 2 is 2.00 bits per heavy atom. The number of hydrogen-bond donors (Lipinski definition) is 1. The van der Waals surface area contributed by atoms with Crippen molar-refractivity contribution >= 4 is 11.6 Å². The van der Waals surface area contributed by atoms with Crippen LogP contribution in [0.1, 0.15) is 23.5 Å². The molecule has 0 aliphatic carbocycles. The van der Waals surface area contributed by atoms with Gasteiger partial charge < -0.3 is 5.32 Å². The van der Waals surface area contributed by atoms with Gasteiger partial charge in [0, 0.05) is 30.5 Å². The van der Waals surface area contributed by atoms with Gasteiger partial charge in [-0.1, -0.05) is 0 Å². The summed E-state index contributed by atoms with van der Waals surface area (Å²) in [4.78, 5) is 8.44. The van der Waals surface area contributed by atoms with Crippen LogP contribution in [-0.2, 0) is 6.54 Å². The minimum Gasteiger partial charge on any atom is -0.370 e. The first kappa shape index (κ1) is 13.5. The van der Waals surface area contributed by atoms with E-state index in [0.29, 0.717) is 5.78 Å². The summed E-state index contributed by atoms with van der Waals surface area (Å²) in [5.74, 6) is 1.54. The molecule has 110 valence electrons. The van der Waals surface area contributed by atoms with Gasteiger partial charge in [0.1, 0.15) is 12.1 Å². The van der Waals surface area contributed by atoms with Crippen molar-refractivity contribution in [2.24, 2.45) is 0 Å². The van der Waals surface area contributed by atoms with Gasteiger partial charge >= 0.3 is 0 Å². The third-order valence-electron chi connectivity index (χ3n) is 3.34. The highest BCUT2D eigenvalue weighted by atomic mass is 15.4. The number of fused-ring (bicyclic) bond motifs is 1. The van der Waals surface area contributed by atoms with Crippen LogP contribution in [0.25, 0.3) is 5.78 Å². The maximum atomic E-state index is 4.46. The maximum absolute atomic E-state index is 4.46. The summed E-state index contributed by atoms with van der Waals surface area (Å²) in [6, 6.07) is 4.07. The summed E-state index contributed by atoms with van der Waals surface area (Å²) in [6.07, 6.45) is 2.50. The van der Waals surface area contributed by atoms with Crippen molar-refractivity contribution in [2.45, 2.75) is 33.7 Å². The Balaban J connectivity index is 1.62. The van der Waals surface area contributed by atoms with Crippen LogP contribution in [0.4, 0.5) is 5.82 Å². The summed E-state index contributed by atoms with van der Waals surface area (Å²) in [5.41, 5.74) is 3.19. The van der Waals surface area contributed by atoms with Gasteiger partial charge in [-0.2, -0.15) is 19.7 Å². The fourth-order valence-electron chi connectivity index (χ4n) is 2.40. The Bertz CT molecular complexity index is 756. The molecule has 0 amide bonds. The van der Waals surface area contributed by atoms with E-state index in [1.165, 1.54) is 12.0 Å². The van der Waals surface area contributed by atoms with Crippen molar-refractivity contribution < 1.29 is 0 Å². The van der Waals surface area contributed by atoms with Crippen molar-refractivity contribution in [1.82, 2.24) is 29.4 Å². The van der Waals surface area contributed by atoms with Crippen molar-refractivity contribution in [3.63, 3.8) is 0 Å². The Morgan fingerprint density at radius 1 is 1.14 bits per heavy atom. The molecule has 0 spiro atoms. The first-order valence-corrected chi connectivity index (χ1v) is 7.06. The van der Waals surface area contributed by atoms with Crippen molar-refractivity contribution in [2.75, 3.05) is 11.9 Å². The summed E-state index contributed by atoms with van der Waals surface area (Å²) in [5, 5.41) is 12.0. The summed E-state index contributed by atoms with van der Waals surface area (Å²) in [7, 11) is 0. The lowest BCUT2D eigenvalue weighted by Gasteiger charge is -2.09. The Morgan fingerprint density at radius 3 is 2.76 bits per heavy atom. The van der Waals surface area contributed by atoms with Crippen LogP contribution in [0.15, 0.2) is 18.5 Å². The van der Waals surface area contributed by atoms with Gasteiger partial charge in [0.15, 0.2) is 0 Å². The minimum atomic E-state index is 0.621. The van der Waals surface area contributed by atoms with Gasteiger partial charge in [-0.3, -0.25) is 4.68 Å². The van der Waals surface area contributed by atoms with Crippen LogP contribution in [0.3, 0.4) is 0 Å². The Kier molecular flexibility index (Phi) is 3.55. The van der Waals surface area contributed by atoms with Gasteiger partial charge in [0.25, 0.3) is 5.78 Å². The monoisotopic (exact) mass is 285 g/mol. The molecule has 0 bridgehead atoms. The Hall–Kier alpha value is -2.44. The fraction of sp³-hybridized carbons (Fsp3) is 0.429. The highest BCUT2D eigenvalue weighted by Crippen LogP contribution is 2.10. The van der Waals surface area contributed by atoms with E-state index in [1.807, 2.05) is 24.6 Å². The average molecular weight is 285 g/mol. The smallest absolute Gasteiger partial charge is 0.254 e. The van der Waals surface area contributed by atoms with Crippen molar-refractivity contribution in [3.05, 3.63) is 35.5 Å². The highest BCUT2D eigenvalue weighted by Gasteiger charge is 2.05. The second-order valence-corrected chi connectivity index (χ2v) is 5.19. The van der Waals surface area contributed by atoms with E-state index in [9.17, 15) is 0 Å². The molecule has 0 aliphatic heterocycles. The second-order valence-electron chi connectivity index (χ2n) is 5.19. The van der Waals surface area contributed by atoms with Crippen LogP contribution in [-0.4, -0.2) is 35.9 Å². The maximum Gasteiger partial charge on any atom is 0.254 e. The lowest BCUT2D eigenvalue weighted by atomic mass is 10.3. The summed E-state index contributed by atoms with van der Waals surface area (Å²) >= 11 is 0. The molecular weight excluding hydrogens is 266 g/mol. The molecule has 3 heterocycles. The summed E-state index contributed by atoms with van der Waals surface area (Å²) in [6.45, 7) is 7.80. The minimum absolute atomic E-state index is 0.621. The van der Waals surface area contributed by atoms with E-state index < -0.39 is 0 Å². The molecule has 3 rings (SSSR count). The van der Waals surface area contributed by atoms with E-state index in [4.69, 9.17) is 0 Å². The van der Waals surface area contributed by atoms with Crippen LogP contribution in [0.2, 0.25) is 0 Å². The third kappa shape index (κ3) is 2.86. The molecule has 1 N–H and O–H groups in total. The normalized spacial score (nSPS) is 11.2. The van der Waals surface area contributed by atoms with Gasteiger partial charge in [-0.15, -0.1) is 0 Å². The lowest BCUT2D eigenvalue weighted by Crippen LogP contribution is -2.11. The molecule has 21 heavy (non-hydrogen) atoms. The number of aromatic nitrogens is 6. The largest absolute Gasteiger partial charge is 0.370 e. The molecule has 0 fully saturated rings. The predicted molar refractivity (Wildman–Crippen MR) is 80.3 cm³/mol. The van der Waals surface area contributed by atoms with E-state index in [1.54, 1.807) is 4.52 Å². The molecule has 0 aliphatic rings. The average Bonchev–Trinajstić information content (AvgIpc) is 3.01. The number of nitrogens with one attached hydrogen (secondary N) is 1. The third-order valence-corrected chi connectivity index (χ3v) is 3.34. The number of aryl methyl sites for hydroxylation is 4. The van der Waals surface area contributed by atoms with Gasteiger partial charge in [0.2, 0.25) is 0 Å². The molecule has 0 aromatic carbocycles. The van der Waals surface area contributed by atoms with Gasteiger partial charge in [0.05, 0.1) is 5.69 Å². The van der Waals surface area contributed by atoms with Crippen molar-refractivity contribution in [1.29, 1.82) is 0 Å². The van der Waals surface area contributed by atoms with E-state index >= 15 is 0 Å². The first-order valence-electron chi connectivity index (χ1n) is 7.06. The molecule has 3 aromatic heterocycles. The van der Waals surface area contributed by atoms with Crippen LogP contribution in [0, 0.1) is 20.8 Å². The zero-order valence-corrected chi connectivity index (χ0v) is 12.5.